The predicted octanol–water partition coefficient (Wildman–Crippen LogP) is 2.71. The Bertz CT molecular complexity index is 701. The van der Waals surface area contributed by atoms with Crippen molar-refractivity contribution in [2.24, 2.45) is 4.99 Å². The topological polar surface area (TPSA) is 67.1 Å². The van der Waals surface area contributed by atoms with Crippen molar-refractivity contribution < 1.29 is 0 Å². The molecule has 1 aliphatic rings. The molecule has 0 bridgehead atoms. The molecule has 0 amide bonds. The second-order valence-electron chi connectivity index (χ2n) is 7.05. The van der Waals surface area contributed by atoms with Gasteiger partial charge in [0.2, 0.25) is 0 Å². The maximum atomic E-state index is 4.72. The SMILES string of the molecule is CCNC(=NCc1nnc2n1CCCC2)NCC(C)(C)c1cccs1. The van der Waals surface area contributed by atoms with Gasteiger partial charge in [-0.1, -0.05) is 19.9 Å². The van der Waals surface area contributed by atoms with Gasteiger partial charge in [-0.2, -0.15) is 0 Å². The third kappa shape index (κ3) is 4.39. The van der Waals surface area contributed by atoms with Gasteiger partial charge in [-0.3, -0.25) is 0 Å². The van der Waals surface area contributed by atoms with Gasteiger partial charge in [-0.05, 0) is 31.2 Å². The molecular formula is C18H28N6S. The summed E-state index contributed by atoms with van der Waals surface area (Å²) in [5.74, 6) is 2.90. The number of hydrogen-bond donors (Lipinski definition) is 2. The van der Waals surface area contributed by atoms with Crippen LogP contribution in [0.2, 0.25) is 0 Å². The maximum absolute atomic E-state index is 4.72. The number of guanidine groups is 1. The number of nitrogens with zero attached hydrogens (tertiary/aromatic N) is 4. The van der Waals surface area contributed by atoms with Crippen LogP contribution in [-0.2, 0) is 24.9 Å². The van der Waals surface area contributed by atoms with Crippen LogP contribution in [0.15, 0.2) is 22.5 Å². The molecule has 2 aromatic rings. The summed E-state index contributed by atoms with van der Waals surface area (Å²) in [4.78, 5) is 6.10. The summed E-state index contributed by atoms with van der Waals surface area (Å²) in [6, 6.07) is 4.30. The molecular weight excluding hydrogens is 332 g/mol. The molecule has 0 unspecified atom stereocenters. The third-order valence-electron chi connectivity index (χ3n) is 4.54. The van der Waals surface area contributed by atoms with Crippen LogP contribution < -0.4 is 10.6 Å². The van der Waals surface area contributed by atoms with E-state index in [9.17, 15) is 0 Å². The van der Waals surface area contributed by atoms with Crippen molar-refractivity contribution in [2.75, 3.05) is 13.1 Å². The molecule has 0 fully saturated rings. The quantitative estimate of drug-likeness (QED) is 0.614. The van der Waals surface area contributed by atoms with E-state index >= 15 is 0 Å². The van der Waals surface area contributed by atoms with Crippen LogP contribution in [0.4, 0.5) is 0 Å². The van der Waals surface area contributed by atoms with Crippen LogP contribution in [-0.4, -0.2) is 33.8 Å². The first-order chi connectivity index (χ1) is 12.1. The second-order valence-corrected chi connectivity index (χ2v) is 8.00. The van der Waals surface area contributed by atoms with Gasteiger partial charge in [-0.15, -0.1) is 21.5 Å². The van der Waals surface area contributed by atoms with Gasteiger partial charge in [0.05, 0.1) is 0 Å². The van der Waals surface area contributed by atoms with Crippen LogP contribution in [0.5, 0.6) is 0 Å². The van der Waals surface area contributed by atoms with Crippen LogP contribution in [0.1, 0.15) is 50.1 Å². The highest BCUT2D eigenvalue weighted by atomic mass is 32.1. The Kier molecular flexibility index (Phi) is 5.73. The van der Waals surface area contributed by atoms with Gasteiger partial charge < -0.3 is 15.2 Å². The van der Waals surface area contributed by atoms with Crippen molar-refractivity contribution in [3.63, 3.8) is 0 Å². The summed E-state index contributed by atoms with van der Waals surface area (Å²) < 4.78 is 2.23. The van der Waals surface area contributed by atoms with Gasteiger partial charge >= 0.3 is 0 Å². The zero-order valence-corrected chi connectivity index (χ0v) is 16.2. The predicted molar refractivity (Wildman–Crippen MR) is 103 cm³/mol. The number of rotatable bonds is 6. The Morgan fingerprint density at radius 3 is 2.96 bits per heavy atom. The summed E-state index contributed by atoms with van der Waals surface area (Å²) in [5, 5.41) is 17.6. The first kappa shape index (κ1) is 17.9. The zero-order valence-electron chi connectivity index (χ0n) is 15.4. The molecule has 0 aromatic carbocycles. The van der Waals surface area contributed by atoms with E-state index in [-0.39, 0.29) is 5.41 Å². The molecule has 6 nitrogen and oxygen atoms in total. The molecule has 3 rings (SSSR count). The maximum Gasteiger partial charge on any atom is 0.191 e. The Morgan fingerprint density at radius 2 is 2.20 bits per heavy atom. The van der Waals surface area contributed by atoms with E-state index in [1.807, 2.05) is 0 Å². The van der Waals surface area contributed by atoms with Crippen LogP contribution >= 0.6 is 11.3 Å². The zero-order chi connectivity index (χ0) is 17.7. The van der Waals surface area contributed by atoms with Gasteiger partial charge in [0.15, 0.2) is 11.8 Å². The normalized spacial score (nSPS) is 15.1. The van der Waals surface area contributed by atoms with E-state index in [2.05, 4.69) is 63.7 Å². The minimum absolute atomic E-state index is 0.0678. The molecule has 0 saturated carbocycles. The summed E-state index contributed by atoms with van der Waals surface area (Å²) in [7, 11) is 0. The van der Waals surface area contributed by atoms with E-state index in [0.29, 0.717) is 6.54 Å². The van der Waals surface area contributed by atoms with E-state index in [1.165, 1.54) is 17.7 Å². The number of fused-ring (bicyclic) bond motifs is 1. The summed E-state index contributed by atoms with van der Waals surface area (Å²) in [6.45, 7) is 9.83. The molecule has 0 radical (unpaired) electrons. The summed E-state index contributed by atoms with van der Waals surface area (Å²) in [6.07, 6.45) is 3.45. The molecule has 7 heteroatoms. The molecule has 0 saturated heterocycles. The van der Waals surface area contributed by atoms with Crippen molar-refractivity contribution in [1.82, 2.24) is 25.4 Å². The van der Waals surface area contributed by atoms with Crippen molar-refractivity contribution in [3.05, 3.63) is 34.0 Å². The Labute approximate surface area is 153 Å². The molecule has 1 aliphatic heterocycles. The van der Waals surface area contributed by atoms with Crippen LogP contribution in [0.25, 0.3) is 0 Å². The average Bonchev–Trinajstić information content (AvgIpc) is 3.28. The lowest BCUT2D eigenvalue weighted by Gasteiger charge is -2.25. The van der Waals surface area contributed by atoms with Crippen LogP contribution in [0.3, 0.4) is 0 Å². The molecule has 0 spiro atoms. The smallest absolute Gasteiger partial charge is 0.191 e. The minimum atomic E-state index is 0.0678. The second kappa shape index (κ2) is 7.99. The largest absolute Gasteiger partial charge is 0.357 e. The average molecular weight is 361 g/mol. The number of aliphatic imine (C=N–C) groups is 1. The van der Waals surface area contributed by atoms with Crippen molar-refractivity contribution in [3.8, 4) is 0 Å². The summed E-state index contributed by atoms with van der Waals surface area (Å²) >= 11 is 1.80. The number of thiophene rings is 1. The number of nitrogens with one attached hydrogen (secondary N) is 2. The number of hydrogen-bond acceptors (Lipinski definition) is 4. The van der Waals surface area contributed by atoms with Gasteiger partial charge in [-0.25, -0.2) is 4.99 Å². The highest BCUT2D eigenvalue weighted by molar-refractivity contribution is 7.10. The number of aryl methyl sites for hydroxylation is 1. The molecule has 3 heterocycles. The first-order valence-electron chi connectivity index (χ1n) is 9.07. The van der Waals surface area contributed by atoms with Gasteiger partial charge in [0.1, 0.15) is 12.4 Å². The monoisotopic (exact) mass is 360 g/mol. The highest BCUT2D eigenvalue weighted by Gasteiger charge is 2.22. The molecule has 136 valence electrons. The van der Waals surface area contributed by atoms with Crippen molar-refractivity contribution in [1.29, 1.82) is 0 Å². The highest BCUT2D eigenvalue weighted by Crippen LogP contribution is 2.26. The number of aromatic nitrogens is 3. The summed E-state index contributed by atoms with van der Waals surface area (Å²) in [5.41, 5.74) is 0.0678. The first-order valence-corrected chi connectivity index (χ1v) is 9.95. The fourth-order valence-corrected chi connectivity index (χ4v) is 3.88. The van der Waals surface area contributed by atoms with E-state index in [1.54, 1.807) is 11.3 Å². The lowest BCUT2D eigenvalue weighted by Crippen LogP contribution is -2.43. The van der Waals surface area contributed by atoms with Crippen LogP contribution in [0, 0.1) is 0 Å². The standard InChI is InChI=1S/C18H28N6S/c1-4-19-17(21-13-18(2,3)14-8-7-11-25-14)20-12-16-23-22-15-9-5-6-10-24(15)16/h7-8,11H,4-6,9-10,12-13H2,1-3H3,(H2,19,20,21). The van der Waals surface area contributed by atoms with Gasteiger partial charge in [0.25, 0.3) is 0 Å². The molecule has 0 atom stereocenters. The lowest BCUT2D eigenvalue weighted by atomic mass is 9.91. The Hall–Kier alpha value is -1.89. The fourth-order valence-electron chi connectivity index (χ4n) is 3.03. The molecule has 0 aliphatic carbocycles. The molecule has 2 N–H and O–H groups in total. The third-order valence-corrected chi connectivity index (χ3v) is 5.78. The lowest BCUT2D eigenvalue weighted by molar-refractivity contribution is 0.506. The molecule has 2 aromatic heterocycles. The van der Waals surface area contributed by atoms with Crippen molar-refractivity contribution in [2.45, 2.75) is 58.5 Å². The van der Waals surface area contributed by atoms with E-state index < -0.39 is 0 Å². The molecule has 25 heavy (non-hydrogen) atoms. The fraction of sp³-hybridized carbons (Fsp3) is 0.611. The van der Waals surface area contributed by atoms with E-state index in [0.717, 1.165) is 43.7 Å². The van der Waals surface area contributed by atoms with E-state index in [4.69, 9.17) is 4.99 Å². The minimum Gasteiger partial charge on any atom is -0.357 e. The van der Waals surface area contributed by atoms with Gasteiger partial charge in [0, 0.05) is 36.3 Å². The Morgan fingerprint density at radius 1 is 1.32 bits per heavy atom. The van der Waals surface area contributed by atoms with Crippen molar-refractivity contribution >= 4 is 17.3 Å². The Balaban J connectivity index is 1.64.